The molecule has 0 spiro atoms. The van der Waals surface area contributed by atoms with Crippen LogP contribution in [0.3, 0.4) is 0 Å². The second kappa shape index (κ2) is 7.85. The molecule has 0 aliphatic heterocycles. The van der Waals surface area contributed by atoms with Gasteiger partial charge >= 0.3 is 0 Å². The molecular weight excluding hydrogens is 156 g/mol. The third-order valence-electron chi connectivity index (χ3n) is 2.02. The van der Waals surface area contributed by atoms with Crippen LogP contribution in [-0.4, -0.2) is 0 Å². The van der Waals surface area contributed by atoms with Gasteiger partial charge in [0.2, 0.25) is 0 Å². The van der Waals surface area contributed by atoms with Gasteiger partial charge in [-0.05, 0) is 26.7 Å². The Morgan fingerprint density at radius 3 is 2.38 bits per heavy atom. The Bertz CT molecular complexity index is 194. The van der Waals surface area contributed by atoms with Gasteiger partial charge in [0.1, 0.15) is 0 Å². The Kier molecular flexibility index (Phi) is 7.38. The molecule has 13 heavy (non-hydrogen) atoms. The van der Waals surface area contributed by atoms with E-state index in [4.69, 9.17) is 0 Å². The third kappa shape index (κ3) is 7.58. The van der Waals surface area contributed by atoms with E-state index in [-0.39, 0.29) is 0 Å². The first-order valence-corrected chi connectivity index (χ1v) is 5.19. The van der Waals surface area contributed by atoms with E-state index in [9.17, 15) is 0 Å². The van der Waals surface area contributed by atoms with Gasteiger partial charge < -0.3 is 0 Å². The fourth-order valence-electron chi connectivity index (χ4n) is 1.15. The maximum Gasteiger partial charge on any atom is -0.0282 e. The molecule has 0 saturated heterocycles. The molecule has 0 aliphatic carbocycles. The maximum absolute atomic E-state index is 3.84. The zero-order chi connectivity index (χ0) is 10.1. The second-order valence-corrected chi connectivity index (χ2v) is 3.50. The zero-order valence-electron chi connectivity index (χ0n) is 9.27. The van der Waals surface area contributed by atoms with E-state index >= 15 is 0 Å². The molecule has 0 bridgehead atoms. The van der Waals surface area contributed by atoms with Crippen LogP contribution in [0.15, 0.2) is 36.0 Å². The van der Waals surface area contributed by atoms with Crippen LogP contribution in [0, 0.1) is 0 Å². The summed E-state index contributed by atoms with van der Waals surface area (Å²) in [6.45, 7) is 10.2. The average Bonchev–Trinajstić information content (AvgIpc) is 2.10. The highest BCUT2D eigenvalue weighted by Gasteiger charge is 1.90. The Morgan fingerprint density at radius 2 is 1.92 bits per heavy atom. The van der Waals surface area contributed by atoms with Crippen molar-refractivity contribution in [2.75, 3.05) is 0 Å². The van der Waals surface area contributed by atoms with Gasteiger partial charge in [-0.2, -0.15) is 0 Å². The van der Waals surface area contributed by atoms with Crippen molar-refractivity contribution in [2.45, 2.75) is 46.5 Å². The molecule has 0 atom stereocenters. The van der Waals surface area contributed by atoms with Gasteiger partial charge in [-0.15, -0.1) is 0 Å². The van der Waals surface area contributed by atoms with E-state index in [0.29, 0.717) is 0 Å². The topological polar surface area (TPSA) is 0 Å². The fraction of sp³-hybridized carbons (Fsp3) is 0.538. The van der Waals surface area contributed by atoms with Gasteiger partial charge in [-0.25, -0.2) is 0 Å². The summed E-state index contributed by atoms with van der Waals surface area (Å²) in [6.07, 6.45) is 11.6. The summed E-state index contributed by atoms with van der Waals surface area (Å²) in [5, 5.41) is 0. The quantitative estimate of drug-likeness (QED) is 0.410. The molecule has 0 fully saturated rings. The minimum atomic E-state index is 1.12. The largest absolute Gasteiger partial charge is 0.0961 e. The van der Waals surface area contributed by atoms with Crippen molar-refractivity contribution < 1.29 is 0 Å². The SMILES string of the molecule is C=C(C)/C=C\C(=C/C)CCCCC. The van der Waals surface area contributed by atoms with Gasteiger partial charge in [0.15, 0.2) is 0 Å². The molecule has 0 amide bonds. The molecule has 0 aromatic heterocycles. The minimum Gasteiger partial charge on any atom is -0.0961 e. The highest BCUT2D eigenvalue weighted by molar-refractivity contribution is 5.24. The van der Waals surface area contributed by atoms with E-state index in [2.05, 4.69) is 38.7 Å². The van der Waals surface area contributed by atoms with E-state index in [0.717, 1.165) is 5.57 Å². The van der Waals surface area contributed by atoms with Gasteiger partial charge in [-0.3, -0.25) is 0 Å². The van der Waals surface area contributed by atoms with E-state index in [1.54, 1.807) is 0 Å². The van der Waals surface area contributed by atoms with E-state index < -0.39 is 0 Å². The van der Waals surface area contributed by atoms with E-state index in [1.807, 2.05) is 6.92 Å². The predicted molar refractivity (Wildman–Crippen MR) is 61.9 cm³/mol. The van der Waals surface area contributed by atoms with Crippen LogP contribution in [0.5, 0.6) is 0 Å². The third-order valence-corrected chi connectivity index (χ3v) is 2.02. The van der Waals surface area contributed by atoms with Crippen LogP contribution in [0.2, 0.25) is 0 Å². The lowest BCUT2D eigenvalue weighted by molar-refractivity contribution is 0.719. The lowest BCUT2D eigenvalue weighted by atomic mass is 10.1. The second-order valence-electron chi connectivity index (χ2n) is 3.50. The van der Waals surface area contributed by atoms with Crippen molar-refractivity contribution in [1.82, 2.24) is 0 Å². The number of rotatable bonds is 6. The number of hydrogen-bond donors (Lipinski definition) is 0. The van der Waals surface area contributed by atoms with Crippen LogP contribution in [-0.2, 0) is 0 Å². The van der Waals surface area contributed by atoms with Crippen molar-refractivity contribution >= 4 is 0 Å². The Morgan fingerprint density at radius 1 is 1.23 bits per heavy atom. The summed E-state index contributed by atoms with van der Waals surface area (Å²) in [4.78, 5) is 0. The fourth-order valence-corrected chi connectivity index (χ4v) is 1.15. The highest BCUT2D eigenvalue weighted by atomic mass is 14.0. The summed E-state index contributed by atoms with van der Waals surface area (Å²) in [5.41, 5.74) is 2.55. The summed E-state index contributed by atoms with van der Waals surface area (Å²) < 4.78 is 0. The Labute approximate surface area is 83.0 Å². The molecule has 0 aromatic rings. The first kappa shape index (κ1) is 12.2. The van der Waals surface area contributed by atoms with Crippen molar-refractivity contribution in [3.05, 3.63) is 36.0 Å². The number of allylic oxidation sites excluding steroid dienone is 5. The molecule has 0 nitrogen and oxygen atoms in total. The lowest BCUT2D eigenvalue weighted by Crippen LogP contribution is -1.80. The average molecular weight is 178 g/mol. The van der Waals surface area contributed by atoms with Gasteiger partial charge in [0.25, 0.3) is 0 Å². The molecule has 0 unspecified atom stereocenters. The van der Waals surface area contributed by atoms with Crippen molar-refractivity contribution in [3.8, 4) is 0 Å². The molecule has 74 valence electrons. The van der Waals surface area contributed by atoms with Crippen molar-refractivity contribution in [3.63, 3.8) is 0 Å². The molecule has 0 aliphatic rings. The Balaban J connectivity index is 3.84. The molecular formula is C13H22. The first-order chi connectivity index (χ1) is 6.20. The molecule has 0 N–H and O–H groups in total. The molecule has 0 heteroatoms. The number of unbranched alkanes of at least 4 members (excludes halogenated alkanes) is 2. The summed E-state index contributed by atoms with van der Waals surface area (Å²) in [6, 6.07) is 0. The molecule has 0 aromatic carbocycles. The molecule has 0 radical (unpaired) electrons. The predicted octanol–water partition coefficient (Wildman–Crippen LogP) is 4.65. The standard InChI is InChI=1S/C13H22/c1-5-7-8-9-13(6-2)11-10-12(3)4/h6,10-11H,3,5,7-9H2,1-2,4H3/b11-10-,13-6-. The van der Waals surface area contributed by atoms with Crippen LogP contribution in [0.1, 0.15) is 46.5 Å². The summed E-state index contributed by atoms with van der Waals surface area (Å²) in [5.74, 6) is 0. The van der Waals surface area contributed by atoms with Gasteiger partial charge in [0.05, 0.1) is 0 Å². The minimum absolute atomic E-state index is 1.12. The van der Waals surface area contributed by atoms with Crippen LogP contribution in [0.4, 0.5) is 0 Å². The number of hydrogen-bond acceptors (Lipinski definition) is 0. The monoisotopic (exact) mass is 178 g/mol. The lowest BCUT2D eigenvalue weighted by Gasteiger charge is -2.00. The van der Waals surface area contributed by atoms with Gasteiger partial charge in [-0.1, -0.05) is 55.7 Å². The molecule has 0 rings (SSSR count). The normalized spacial score (nSPS) is 12.4. The molecule has 0 heterocycles. The Hall–Kier alpha value is -0.780. The highest BCUT2D eigenvalue weighted by Crippen LogP contribution is 2.10. The maximum atomic E-state index is 3.84. The van der Waals surface area contributed by atoms with Crippen molar-refractivity contribution in [1.29, 1.82) is 0 Å². The van der Waals surface area contributed by atoms with Crippen LogP contribution < -0.4 is 0 Å². The first-order valence-electron chi connectivity index (χ1n) is 5.19. The van der Waals surface area contributed by atoms with Crippen LogP contribution >= 0.6 is 0 Å². The van der Waals surface area contributed by atoms with Crippen molar-refractivity contribution in [2.24, 2.45) is 0 Å². The van der Waals surface area contributed by atoms with Gasteiger partial charge in [0, 0.05) is 0 Å². The molecule has 0 saturated carbocycles. The zero-order valence-corrected chi connectivity index (χ0v) is 9.27. The smallest absolute Gasteiger partial charge is 0.0282 e. The summed E-state index contributed by atoms with van der Waals surface area (Å²) in [7, 11) is 0. The van der Waals surface area contributed by atoms with E-state index in [1.165, 1.54) is 31.3 Å². The van der Waals surface area contributed by atoms with Crippen LogP contribution in [0.25, 0.3) is 0 Å². The summed E-state index contributed by atoms with van der Waals surface area (Å²) >= 11 is 0.